The molecule has 0 radical (unpaired) electrons. The predicted molar refractivity (Wildman–Crippen MR) is 64.6 cm³/mol. The molecule has 1 nitrogen and oxygen atoms in total. The molecule has 0 aromatic heterocycles. The second kappa shape index (κ2) is 4.71. The zero-order valence-electron chi connectivity index (χ0n) is 6.85. The maximum Gasteiger partial charge on any atom is 0.177 e. The Balaban J connectivity index is 3.15. The van der Waals surface area contributed by atoms with Crippen LogP contribution in [0.5, 0.6) is 0 Å². The van der Waals surface area contributed by atoms with Crippen LogP contribution >= 0.6 is 47.8 Å². The summed E-state index contributed by atoms with van der Waals surface area (Å²) in [5, 5.41) is 0. The van der Waals surface area contributed by atoms with Gasteiger partial charge >= 0.3 is 0 Å². The minimum atomic E-state index is -0.155. The van der Waals surface area contributed by atoms with Gasteiger partial charge in [0, 0.05) is 14.5 Å². The van der Waals surface area contributed by atoms with Crippen LogP contribution < -0.4 is 0 Å². The highest BCUT2D eigenvalue weighted by atomic mass is 79.9. The van der Waals surface area contributed by atoms with Crippen LogP contribution in [0.2, 0.25) is 0 Å². The first kappa shape index (κ1) is 11.4. The zero-order chi connectivity index (χ0) is 10.0. The minimum Gasteiger partial charge on any atom is -0.293 e. The van der Waals surface area contributed by atoms with Crippen molar-refractivity contribution in [1.29, 1.82) is 0 Å². The smallest absolute Gasteiger partial charge is 0.177 e. The number of carbonyl (C=O) groups is 1. The number of halogens is 3. The molecule has 1 unspecified atom stereocenters. The van der Waals surface area contributed by atoms with Gasteiger partial charge in [0.25, 0.3) is 0 Å². The maximum atomic E-state index is 11.6. The van der Waals surface area contributed by atoms with Gasteiger partial charge < -0.3 is 0 Å². The lowest BCUT2D eigenvalue weighted by molar-refractivity contribution is 0.0995. The molecule has 1 rings (SSSR count). The van der Waals surface area contributed by atoms with E-state index in [1.54, 1.807) is 6.07 Å². The first-order valence-electron chi connectivity index (χ1n) is 3.66. The fraction of sp³-hybridized carbons (Fsp3) is 0.222. The number of ketones is 1. The van der Waals surface area contributed by atoms with Crippen molar-refractivity contribution in [2.45, 2.75) is 11.8 Å². The molecule has 0 N–H and O–H groups in total. The van der Waals surface area contributed by atoms with E-state index in [4.69, 9.17) is 0 Å². The summed E-state index contributed by atoms with van der Waals surface area (Å²) in [6.07, 6.45) is 0. The lowest BCUT2D eigenvalue weighted by Crippen LogP contribution is -2.10. The number of benzene rings is 1. The Morgan fingerprint density at radius 1 is 1.38 bits per heavy atom. The summed E-state index contributed by atoms with van der Waals surface area (Å²) in [7, 11) is 0. The maximum absolute atomic E-state index is 11.6. The lowest BCUT2D eigenvalue weighted by Gasteiger charge is -2.06. The van der Waals surface area contributed by atoms with E-state index < -0.39 is 0 Å². The van der Waals surface area contributed by atoms with Gasteiger partial charge in [-0.15, -0.1) is 0 Å². The number of alkyl halides is 1. The number of hydrogen-bond donors (Lipinski definition) is 0. The van der Waals surface area contributed by atoms with E-state index in [0.29, 0.717) is 5.56 Å². The van der Waals surface area contributed by atoms with Crippen LogP contribution in [-0.2, 0) is 0 Å². The molecule has 0 amide bonds. The van der Waals surface area contributed by atoms with Crippen LogP contribution in [0.4, 0.5) is 0 Å². The van der Waals surface area contributed by atoms with Crippen LogP contribution in [0.25, 0.3) is 0 Å². The van der Waals surface area contributed by atoms with Gasteiger partial charge in [0.15, 0.2) is 5.78 Å². The molecule has 0 saturated carbocycles. The standard InChI is InChI=1S/C9H7Br3O/c1-5(10)9(13)6-3-2-4-7(11)8(6)12/h2-5H,1H3. The molecular weight excluding hydrogens is 364 g/mol. The molecule has 0 fully saturated rings. The van der Waals surface area contributed by atoms with Crippen molar-refractivity contribution < 1.29 is 4.79 Å². The Hall–Kier alpha value is 0.330. The molecule has 0 heterocycles. The lowest BCUT2D eigenvalue weighted by atomic mass is 10.1. The summed E-state index contributed by atoms with van der Waals surface area (Å²) in [5.41, 5.74) is 0.693. The first-order chi connectivity index (χ1) is 6.04. The van der Waals surface area contributed by atoms with Crippen LogP contribution in [0.15, 0.2) is 27.1 Å². The second-order valence-corrected chi connectivity index (χ2v) is 5.60. The van der Waals surface area contributed by atoms with Gasteiger partial charge in [0.1, 0.15) is 0 Å². The van der Waals surface area contributed by atoms with E-state index in [0.717, 1.165) is 8.95 Å². The van der Waals surface area contributed by atoms with Crippen LogP contribution in [0.1, 0.15) is 17.3 Å². The third-order valence-corrected chi connectivity index (χ3v) is 4.04. The number of carbonyl (C=O) groups excluding carboxylic acids is 1. The number of hydrogen-bond acceptors (Lipinski definition) is 1. The number of Topliss-reactive ketones (excluding diaryl/α,β-unsaturated/α-hetero) is 1. The molecule has 0 bridgehead atoms. The molecule has 1 aromatic carbocycles. The van der Waals surface area contributed by atoms with Gasteiger partial charge in [-0.2, -0.15) is 0 Å². The van der Waals surface area contributed by atoms with Gasteiger partial charge in [-0.1, -0.05) is 28.1 Å². The van der Waals surface area contributed by atoms with Crippen molar-refractivity contribution in [2.24, 2.45) is 0 Å². The van der Waals surface area contributed by atoms with Gasteiger partial charge in [0.2, 0.25) is 0 Å². The van der Waals surface area contributed by atoms with E-state index in [1.165, 1.54) is 0 Å². The molecule has 13 heavy (non-hydrogen) atoms. The summed E-state index contributed by atoms with van der Waals surface area (Å²) in [6, 6.07) is 5.53. The highest BCUT2D eigenvalue weighted by Gasteiger charge is 2.15. The van der Waals surface area contributed by atoms with E-state index in [-0.39, 0.29) is 10.6 Å². The van der Waals surface area contributed by atoms with Gasteiger partial charge in [0.05, 0.1) is 4.83 Å². The average Bonchev–Trinajstić information content (AvgIpc) is 2.08. The highest BCUT2D eigenvalue weighted by Crippen LogP contribution is 2.28. The van der Waals surface area contributed by atoms with E-state index in [9.17, 15) is 4.79 Å². The Bertz CT molecular complexity index is 334. The average molecular weight is 371 g/mol. The fourth-order valence-corrected chi connectivity index (χ4v) is 1.98. The predicted octanol–water partition coefficient (Wildman–Crippen LogP) is 4.18. The van der Waals surface area contributed by atoms with Crippen molar-refractivity contribution in [1.82, 2.24) is 0 Å². The van der Waals surface area contributed by atoms with Crippen molar-refractivity contribution in [3.8, 4) is 0 Å². The molecule has 0 aliphatic heterocycles. The number of rotatable bonds is 2. The van der Waals surface area contributed by atoms with Crippen molar-refractivity contribution in [3.63, 3.8) is 0 Å². The molecule has 0 aliphatic rings. The van der Waals surface area contributed by atoms with Crippen molar-refractivity contribution in [3.05, 3.63) is 32.7 Å². The Morgan fingerprint density at radius 2 is 2.00 bits per heavy atom. The third-order valence-electron chi connectivity index (χ3n) is 1.58. The SMILES string of the molecule is CC(Br)C(=O)c1cccc(Br)c1Br. The molecule has 1 atom stereocenters. The summed E-state index contributed by atoms with van der Waals surface area (Å²) in [5.74, 6) is 0.0770. The summed E-state index contributed by atoms with van der Waals surface area (Å²) >= 11 is 9.96. The summed E-state index contributed by atoms with van der Waals surface area (Å²) < 4.78 is 1.71. The minimum absolute atomic E-state index is 0.0770. The molecule has 0 spiro atoms. The normalized spacial score (nSPS) is 12.6. The monoisotopic (exact) mass is 368 g/mol. The van der Waals surface area contributed by atoms with Gasteiger partial charge in [-0.25, -0.2) is 0 Å². The van der Waals surface area contributed by atoms with Gasteiger partial charge in [-0.05, 0) is 44.8 Å². The quantitative estimate of drug-likeness (QED) is 0.564. The molecule has 0 saturated heterocycles. The second-order valence-electron chi connectivity index (χ2n) is 2.58. The third kappa shape index (κ3) is 2.64. The first-order valence-corrected chi connectivity index (χ1v) is 6.16. The summed E-state index contributed by atoms with van der Waals surface area (Å²) in [6.45, 7) is 1.82. The molecule has 0 aliphatic carbocycles. The van der Waals surface area contributed by atoms with E-state index in [2.05, 4.69) is 47.8 Å². The van der Waals surface area contributed by atoms with Gasteiger partial charge in [-0.3, -0.25) is 4.79 Å². The molecule has 4 heteroatoms. The summed E-state index contributed by atoms with van der Waals surface area (Å²) in [4.78, 5) is 11.5. The molecule has 70 valence electrons. The van der Waals surface area contributed by atoms with Crippen LogP contribution in [0.3, 0.4) is 0 Å². The molecule has 1 aromatic rings. The topological polar surface area (TPSA) is 17.1 Å². The van der Waals surface area contributed by atoms with Crippen molar-refractivity contribution >= 4 is 53.6 Å². The van der Waals surface area contributed by atoms with Crippen molar-refractivity contribution in [2.75, 3.05) is 0 Å². The Kier molecular flexibility index (Phi) is 4.13. The molecular formula is C9H7Br3O. The Morgan fingerprint density at radius 3 is 2.54 bits per heavy atom. The highest BCUT2D eigenvalue weighted by molar-refractivity contribution is 9.13. The Labute approximate surface area is 102 Å². The van der Waals surface area contributed by atoms with Crippen LogP contribution in [-0.4, -0.2) is 10.6 Å². The van der Waals surface area contributed by atoms with E-state index >= 15 is 0 Å². The largest absolute Gasteiger partial charge is 0.293 e. The van der Waals surface area contributed by atoms with Crippen LogP contribution in [0, 0.1) is 0 Å². The fourth-order valence-electron chi connectivity index (χ4n) is 0.908. The zero-order valence-corrected chi connectivity index (χ0v) is 11.6. The van der Waals surface area contributed by atoms with E-state index in [1.807, 2.05) is 19.1 Å².